The van der Waals surface area contributed by atoms with Crippen molar-refractivity contribution in [2.24, 2.45) is 0 Å². The third kappa shape index (κ3) is 3.52. The van der Waals surface area contributed by atoms with E-state index >= 15 is 0 Å². The summed E-state index contributed by atoms with van der Waals surface area (Å²) >= 11 is 11.9. The van der Waals surface area contributed by atoms with Gasteiger partial charge in [-0.15, -0.1) is 0 Å². The molecule has 0 saturated heterocycles. The van der Waals surface area contributed by atoms with Crippen molar-refractivity contribution < 1.29 is 4.74 Å². The van der Waals surface area contributed by atoms with Crippen LogP contribution in [0.15, 0.2) is 42.5 Å². The predicted molar refractivity (Wildman–Crippen MR) is 87.4 cm³/mol. The van der Waals surface area contributed by atoms with E-state index in [-0.39, 0.29) is 12.1 Å². The summed E-state index contributed by atoms with van der Waals surface area (Å²) in [7, 11) is 0. The molecule has 0 spiro atoms. The minimum absolute atomic E-state index is 0.160. The summed E-state index contributed by atoms with van der Waals surface area (Å²) < 4.78 is 5.93. The predicted octanol–water partition coefficient (Wildman–Crippen LogP) is 4.65. The molecular formula is C17H17Cl2NO. The van der Waals surface area contributed by atoms with Crippen LogP contribution in [-0.2, 0) is 6.42 Å². The zero-order chi connectivity index (χ0) is 14.8. The van der Waals surface area contributed by atoms with Crippen molar-refractivity contribution in [2.45, 2.75) is 25.5 Å². The second-order valence-corrected chi connectivity index (χ2v) is 6.25. The summed E-state index contributed by atoms with van der Waals surface area (Å²) in [5.74, 6) is 0.949. The van der Waals surface area contributed by atoms with Gasteiger partial charge in [0.25, 0.3) is 0 Å². The Hall–Kier alpha value is -1.22. The Balaban J connectivity index is 1.56. The molecule has 0 bridgehead atoms. The van der Waals surface area contributed by atoms with Crippen molar-refractivity contribution in [3.63, 3.8) is 0 Å². The van der Waals surface area contributed by atoms with Gasteiger partial charge in [-0.3, -0.25) is 0 Å². The molecular weight excluding hydrogens is 305 g/mol. The summed E-state index contributed by atoms with van der Waals surface area (Å²) in [6, 6.07) is 14.0. The summed E-state index contributed by atoms with van der Waals surface area (Å²) in [6.07, 6.45) is 1.06. The van der Waals surface area contributed by atoms with Gasteiger partial charge in [0.1, 0.15) is 11.9 Å². The first-order valence-electron chi connectivity index (χ1n) is 7.06. The van der Waals surface area contributed by atoms with Crippen LogP contribution in [0, 0.1) is 0 Å². The van der Waals surface area contributed by atoms with E-state index in [1.54, 1.807) is 0 Å². The van der Waals surface area contributed by atoms with Crippen LogP contribution < -0.4 is 10.1 Å². The summed E-state index contributed by atoms with van der Waals surface area (Å²) in [5.41, 5.74) is 2.41. The van der Waals surface area contributed by atoms with E-state index in [1.165, 1.54) is 11.1 Å². The van der Waals surface area contributed by atoms with E-state index < -0.39 is 0 Å². The Morgan fingerprint density at radius 3 is 2.62 bits per heavy atom. The molecule has 1 aliphatic rings. The molecule has 1 unspecified atom stereocenters. The highest BCUT2D eigenvalue weighted by Crippen LogP contribution is 2.31. The maximum atomic E-state index is 6.01. The average molecular weight is 322 g/mol. The number of rotatable bonds is 4. The van der Waals surface area contributed by atoms with Gasteiger partial charge in [-0.25, -0.2) is 0 Å². The van der Waals surface area contributed by atoms with Crippen LogP contribution in [0.25, 0.3) is 0 Å². The lowest BCUT2D eigenvalue weighted by Gasteiger charge is -2.17. The minimum Gasteiger partial charge on any atom is -0.488 e. The number of nitrogens with one attached hydrogen (secondary N) is 1. The van der Waals surface area contributed by atoms with Crippen molar-refractivity contribution in [3.05, 3.63) is 63.6 Å². The van der Waals surface area contributed by atoms with Crippen LogP contribution in [0.2, 0.25) is 10.0 Å². The Bertz CT molecular complexity index is 627. The fraction of sp³-hybridized carbons (Fsp3) is 0.294. The zero-order valence-electron chi connectivity index (χ0n) is 11.8. The summed E-state index contributed by atoms with van der Waals surface area (Å²) in [4.78, 5) is 0. The number of fused-ring (bicyclic) bond motifs is 1. The third-order valence-electron chi connectivity index (χ3n) is 3.79. The third-order valence-corrected chi connectivity index (χ3v) is 4.27. The molecule has 2 aromatic rings. The van der Waals surface area contributed by atoms with Gasteiger partial charge in [-0.05, 0) is 48.4 Å². The van der Waals surface area contributed by atoms with Gasteiger partial charge < -0.3 is 10.1 Å². The van der Waals surface area contributed by atoms with Crippen molar-refractivity contribution in [1.29, 1.82) is 0 Å². The quantitative estimate of drug-likeness (QED) is 0.885. The minimum atomic E-state index is 0.160. The molecule has 3 rings (SSSR count). The zero-order valence-corrected chi connectivity index (χ0v) is 13.3. The molecule has 0 fully saturated rings. The van der Waals surface area contributed by atoms with Crippen LogP contribution in [-0.4, -0.2) is 12.6 Å². The summed E-state index contributed by atoms with van der Waals surface area (Å²) in [6.45, 7) is 2.94. The fourth-order valence-corrected chi connectivity index (χ4v) is 2.90. The van der Waals surface area contributed by atoms with Crippen LogP contribution in [0.4, 0.5) is 0 Å². The number of halogens is 2. The maximum absolute atomic E-state index is 6.01. The highest BCUT2D eigenvalue weighted by molar-refractivity contribution is 6.30. The molecule has 0 aromatic heterocycles. The van der Waals surface area contributed by atoms with E-state index in [2.05, 4.69) is 12.2 Å². The highest BCUT2D eigenvalue weighted by atomic mass is 35.5. The highest BCUT2D eigenvalue weighted by Gasteiger charge is 2.23. The lowest BCUT2D eigenvalue weighted by atomic mass is 10.1. The molecule has 0 radical (unpaired) electrons. The van der Waals surface area contributed by atoms with Gasteiger partial charge >= 0.3 is 0 Å². The van der Waals surface area contributed by atoms with Gasteiger partial charge in [-0.2, -0.15) is 0 Å². The molecule has 0 saturated carbocycles. The normalized spacial score (nSPS) is 18.1. The SMILES string of the molecule is C[C@@H](NCC1Cc2cc(Cl)ccc2O1)c1ccc(Cl)cc1. The number of ether oxygens (including phenoxy) is 1. The first kappa shape index (κ1) is 14.7. The van der Waals surface area contributed by atoms with Gasteiger partial charge in [0, 0.05) is 29.1 Å². The summed E-state index contributed by atoms with van der Waals surface area (Å²) in [5, 5.41) is 5.03. The number of hydrogen-bond acceptors (Lipinski definition) is 2. The molecule has 2 aromatic carbocycles. The topological polar surface area (TPSA) is 21.3 Å². The Morgan fingerprint density at radius 1 is 1.14 bits per heavy atom. The molecule has 0 amide bonds. The standard InChI is InChI=1S/C17H17Cl2NO/c1-11(12-2-4-14(18)5-3-12)20-10-16-9-13-8-15(19)6-7-17(13)21-16/h2-8,11,16,20H,9-10H2,1H3/t11-,16?/m1/s1. The lowest BCUT2D eigenvalue weighted by Crippen LogP contribution is -2.31. The second-order valence-electron chi connectivity index (χ2n) is 5.38. The fourth-order valence-electron chi connectivity index (χ4n) is 2.58. The second kappa shape index (κ2) is 6.27. The Kier molecular flexibility index (Phi) is 4.39. The van der Waals surface area contributed by atoms with Crippen LogP contribution in [0.3, 0.4) is 0 Å². The van der Waals surface area contributed by atoms with E-state index in [0.717, 1.165) is 28.8 Å². The van der Waals surface area contributed by atoms with Gasteiger partial charge in [0.2, 0.25) is 0 Å². The lowest BCUT2D eigenvalue weighted by molar-refractivity contribution is 0.222. The molecule has 4 heteroatoms. The molecule has 0 aliphatic carbocycles. The van der Waals surface area contributed by atoms with E-state index in [0.29, 0.717) is 0 Å². The first-order valence-corrected chi connectivity index (χ1v) is 7.81. The molecule has 2 nitrogen and oxygen atoms in total. The average Bonchev–Trinajstić information content (AvgIpc) is 2.87. The molecule has 1 heterocycles. The molecule has 110 valence electrons. The molecule has 1 N–H and O–H groups in total. The van der Waals surface area contributed by atoms with Crippen molar-refractivity contribution in [3.8, 4) is 5.75 Å². The first-order chi connectivity index (χ1) is 10.1. The van der Waals surface area contributed by atoms with Gasteiger partial charge in [-0.1, -0.05) is 35.3 Å². The van der Waals surface area contributed by atoms with E-state index in [4.69, 9.17) is 27.9 Å². The largest absolute Gasteiger partial charge is 0.488 e. The Morgan fingerprint density at radius 2 is 1.86 bits per heavy atom. The van der Waals surface area contributed by atoms with Crippen molar-refractivity contribution in [2.75, 3.05) is 6.54 Å². The smallest absolute Gasteiger partial charge is 0.123 e. The van der Waals surface area contributed by atoms with Gasteiger partial charge in [0.15, 0.2) is 0 Å². The van der Waals surface area contributed by atoms with Crippen molar-refractivity contribution in [1.82, 2.24) is 5.32 Å². The maximum Gasteiger partial charge on any atom is 0.123 e. The molecule has 21 heavy (non-hydrogen) atoms. The Labute approximate surface area is 135 Å². The van der Waals surface area contributed by atoms with Crippen molar-refractivity contribution >= 4 is 23.2 Å². The number of hydrogen-bond donors (Lipinski definition) is 1. The molecule has 1 aliphatic heterocycles. The monoisotopic (exact) mass is 321 g/mol. The van der Waals surface area contributed by atoms with Crippen LogP contribution in [0.5, 0.6) is 5.75 Å². The number of benzene rings is 2. The molecule has 2 atom stereocenters. The van der Waals surface area contributed by atoms with E-state index in [1.807, 2.05) is 42.5 Å². The van der Waals surface area contributed by atoms with Crippen LogP contribution in [0.1, 0.15) is 24.1 Å². The van der Waals surface area contributed by atoms with E-state index in [9.17, 15) is 0 Å². The van der Waals surface area contributed by atoms with Crippen LogP contribution >= 0.6 is 23.2 Å². The van der Waals surface area contributed by atoms with Gasteiger partial charge in [0.05, 0.1) is 0 Å².